The molecule has 536 valence electrons. The van der Waals surface area contributed by atoms with Gasteiger partial charge in [0.05, 0.1) is 0 Å². The van der Waals surface area contributed by atoms with Crippen LogP contribution in [0.3, 0.4) is 0 Å². The van der Waals surface area contributed by atoms with Crippen molar-refractivity contribution in [1.29, 1.82) is 0 Å². The fourth-order valence-corrected chi connectivity index (χ4v) is 33.1. The smallest absolute Gasteiger partial charge is 0.0481 e. The third kappa shape index (κ3) is 14.0. The van der Waals surface area contributed by atoms with E-state index < -0.39 is 0 Å². The topological polar surface area (TPSA) is 0 Å². The van der Waals surface area contributed by atoms with Gasteiger partial charge in [-0.25, -0.2) is 0 Å². The molecule has 0 saturated carbocycles. The molecule has 107 heavy (non-hydrogen) atoms. The highest BCUT2D eigenvalue weighted by Crippen LogP contribution is 2.58. The third-order valence-corrected chi connectivity index (χ3v) is 38.0. The summed E-state index contributed by atoms with van der Waals surface area (Å²) >= 11 is 32.6. The highest BCUT2D eigenvalue weighted by Gasteiger charge is 2.29. The molecule has 17 heteroatoms. The van der Waals surface area contributed by atoms with Gasteiger partial charge in [0.25, 0.3) is 0 Å². The Bertz CT molecular complexity index is 6290. The van der Waals surface area contributed by atoms with Gasteiger partial charge in [0, 0.05) is 216 Å². The van der Waals surface area contributed by atoms with Gasteiger partial charge in [-0.2, -0.15) is 0 Å². The molecule has 0 aliphatic heterocycles. The maximum absolute atomic E-state index is 2.44. The minimum atomic E-state index is 1.37. The number of benzene rings is 3. The van der Waals surface area contributed by atoms with E-state index in [0.29, 0.717) is 0 Å². The Morgan fingerprint density at radius 3 is 0.654 bits per heavy atom. The Morgan fingerprint density at radius 2 is 0.421 bits per heavy atom. The van der Waals surface area contributed by atoms with E-state index in [1.165, 1.54) is 244 Å². The second kappa shape index (κ2) is 30.0. The van der Waals surface area contributed by atoms with E-state index in [2.05, 4.69) is 266 Å². The largest absolute Gasteiger partial charge is 0.149 e. The van der Waals surface area contributed by atoms with Crippen LogP contribution in [0.5, 0.6) is 0 Å². The molecule has 0 nitrogen and oxygen atoms in total. The monoisotopic (exact) mass is 1700 g/mol. The van der Waals surface area contributed by atoms with Gasteiger partial charge in [-0.15, -0.1) is 193 Å². The summed E-state index contributed by atoms with van der Waals surface area (Å²) in [6, 6.07) is 53.1. The number of hydrogen-bond donors (Lipinski definition) is 0. The van der Waals surface area contributed by atoms with Crippen molar-refractivity contribution in [2.75, 3.05) is 0 Å². The van der Waals surface area contributed by atoms with Crippen LogP contribution < -0.4 is 0 Å². The standard InChI is InChI=1S/C33H28S6.C32H26S6.C20H14S4.C5H6S/c1-15-10-19(5)35-30(15)31-17(3)12-26(39-31)28-23-14-21(7)36-32(23)27(22-13-20(6)37-33(22)28)25-11-16(2)29(38-25)24-9-8-18(4)34-24;1-15-11-25(37-29(15)23-9-7-17(3)33-23)27-21-13-19(5)36-32(21)28(22-14-20(6)35-31(22)27)26-12-16(2)30(38-26)24-10-8-18(4)34-24;1-11-9-13-17(15-5-3-7-21-15)20-14(10-12(2)24-20)18(19(13)23-11)16-6-4-8-22-16;1-5-3-2-4-6-5/h8-14H,1-7H3;7-14H,1-6H3;3-10H,1-2H3;2-4H,1H3. The van der Waals surface area contributed by atoms with E-state index in [9.17, 15) is 0 Å². The molecule has 0 bridgehead atoms. The Balaban J connectivity index is 0.000000116. The molecular formula is C90H74S17. The molecule has 0 amide bonds. The number of aryl methyl sites for hydroxylation is 16. The van der Waals surface area contributed by atoms with Crippen molar-refractivity contribution in [3.05, 3.63) is 237 Å². The zero-order chi connectivity index (χ0) is 74.1. The average molecular weight is 1700 g/mol. The molecule has 0 N–H and O–H groups in total. The maximum Gasteiger partial charge on any atom is 0.0481 e. The maximum atomic E-state index is 2.44. The number of thiophene rings is 17. The highest BCUT2D eigenvalue weighted by atomic mass is 32.2. The first-order chi connectivity index (χ1) is 51.5. The predicted molar refractivity (Wildman–Crippen MR) is 505 cm³/mol. The van der Waals surface area contributed by atoms with Crippen LogP contribution >= 0.6 is 193 Å². The molecule has 0 atom stereocenters. The average Bonchev–Trinajstić information content (AvgIpc) is 1.64. The van der Waals surface area contributed by atoms with Crippen LogP contribution in [-0.2, 0) is 0 Å². The summed E-state index contributed by atoms with van der Waals surface area (Å²) in [5.74, 6) is 0. The van der Waals surface area contributed by atoms with E-state index in [1.54, 1.807) is 11.3 Å². The van der Waals surface area contributed by atoms with Crippen LogP contribution in [0, 0.1) is 111 Å². The van der Waals surface area contributed by atoms with Gasteiger partial charge in [0.2, 0.25) is 0 Å². The molecule has 0 fully saturated rings. The van der Waals surface area contributed by atoms with Crippen molar-refractivity contribution < 1.29 is 0 Å². The van der Waals surface area contributed by atoms with Crippen LogP contribution in [0.25, 0.3) is 162 Å². The first-order valence-corrected chi connectivity index (χ1v) is 49.3. The van der Waals surface area contributed by atoms with Crippen LogP contribution in [0.2, 0.25) is 0 Å². The van der Waals surface area contributed by atoms with Gasteiger partial charge in [0.15, 0.2) is 0 Å². The first kappa shape index (κ1) is 73.9. The molecule has 0 radical (unpaired) electrons. The molecule has 20 rings (SSSR count). The Morgan fingerprint density at radius 1 is 0.168 bits per heavy atom. The molecule has 17 heterocycles. The molecule has 17 aromatic heterocycles. The summed E-state index contributed by atoms with van der Waals surface area (Å²) in [7, 11) is 0. The van der Waals surface area contributed by atoms with Gasteiger partial charge in [-0.05, 0) is 276 Å². The van der Waals surface area contributed by atoms with E-state index in [1.807, 2.05) is 181 Å². The van der Waals surface area contributed by atoms with Crippen LogP contribution in [-0.4, -0.2) is 0 Å². The number of hydrogen-bond acceptors (Lipinski definition) is 17. The molecule has 0 unspecified atom stereocenters. The third-order valence-electron chi connectivity index (χ3n) is 19.1. The Labute approximate surface area is 694 Å². The van der Waals surface area contributed by atoms with Crippen LogP contribution in [0.1, 0.15) is 81.5 Å². The SMILES string of the molecule is Cc1cc2c(-c3cccs3)c3sc(C)cc3c(-c3cccs3)c2s1.Cc1ccc(-c2sc(-c3c4cc(C)sc4c(-c4cc(C)c(-c5ccc(C)s5)s4)c4cc(C)sc34)cc2C)s1.Cc1ccc(-c2sc(-c3c4cc(C)sc4c(-c4cc(C)c(-c5sc(C)cc5C)s4)c4cc(C)sc34)cc2C)s1.Cc1cccs1. The van der Waals surface area contributed by atoms with Crippen LogP contribution in [0.4, 0.5) is 0 Å². The molecule has 0 saturated heterocycles. The molecular weight excluding hydrogens is 1630 g/mol. The quantitative estimate of drug-likeness (QED) is 0.128. The zero-order valence-electron chi connectivity index (χ0n) is 62.0. The summed E-state index contributed by atoms with van der Waals surface area (Å²) in [6.45, 7) is 35.8. The molecule has 0 spiro atoms. The lowest BCUT2D eigenvalue weighted by Gasteiger charge is -2.09. The summed E-state index contributed by atoms with van der Waals surface area (Å²) in [4.78, 5) is 34.7. The first-order valence-electron chi connectivity index (χ1n) is 35.2. The summed E-state index contributed by atoms with van der Waals surface area (Å²) in [6.07, 6.45) is 0. The second-order valence-electron chi connectivity index (χ2n) is 27.6. The molecule has 0 aliphatic carbocycles. The summed E-state index contributed by atoms with van der Waals surface area (Å²) < 4.78 is 8.58. The normalized spacial score (nSPS) is 11.7. The zero-order valence-corrected chi connectivity index (χ0v) is 75.8. The van der Waals surface area contributed by atoms with E-state index in [0.717, 1.165) is 0 Å². The fraction of sp³-hybridized carbons (Fsp3) is 0.178. The lowest BCUT2D eigenvalue weighted by molar-refractivity contribution is 1.49. The van der Waals surface area contributed by atoms with Crippen molar-refractivity contribution in [3.8, 4) is 102 Å². The van der Waals surface area contributed by atoms with E-state index in [4.69, 9.17) is 0 Å². The van der Waals surface area contributed by atoms with Gasteiger partial charge >= 0.3 is 0 Å². The highest BCUT2D eigenvalue weighted by molar-refractivity contribution is 7.29. The van der Waals surface area contributed by atoms with Gasteiger partial charge in [-0.3, -0.25) is 0 Å². The van der Waals surface area contributed by atoms with Crippen molar-refractivity contribution in [2.45, 2.75) is 111 Å². The fourth-order valence-electron chi connectivity index (χ4n) is 14.6. The summed E-state index contributed by atoms with van der Waals surface area (Å²) in [5, 5.41) is 14.9. The van der Waals surface area contributed by atoms with E-state index >= 15 is 0 Å². The predicted octanol–water partition coefficient (Wildman–Crippen LogP) is 36.3. The Hall–Kier alpha value is -5.88. The minimum Gasteiger partial charge on any atom is -0.149 e. The molecule has 0 aliphatic rings. The van der Waals surface area contributed by atoms with Crippen molar-refractivity contribution in [2.24, 2.45) is 0 Å². The van der Waals surface area contributed by atoms with Gasteiger partial charge in [0.1, 0.15) is 0 Å². The van der Waals surface area contributed by atoms with Crippen molar-refractivity contribution >= 4 is 253 Å². The summed E-state index contributed by atoms with van der Waals surface area (Å²) in [5.41, 5.74) is 15.5. The van der Waals surface area contributed by atoms with Gasteiger partial charge < -0.3 is 0 Å². The minimum absolute atomic E-state index is 1.37. The van der Waals surface area contributed by atoms with E-state index in [-0.39, 0.29) is 0 Å². The second-order valence-corrected chi connectivity index (χ2v) is 47.5. The van der Waals surface area contributed by atoms with Crippen molar-refractivity contribution in [1.82, 2.24) is 0 Å². The number of rotatable bonds is 10. The molecule has 3 aromatic carbocycles. The lowest BCUT2D eigenvalue weighted by Crippen LogP contribution is -1.81. The van der Waals surface area contributed by atoms with Gasteiger partial charge in [-0.1, -0.05) is 18.2 Å². The lowest BCUT2D eigenvalue weighted by atomic mass is 9.99. The van der Waals surface area contributed by atoms with Crippen molar-refractivity contribution in [3.63, 3.8) is 0 Å². The molecule has 20 aromatic rings. The van der Waals surface area contributed by atoms with Crippen LogP contribution in [0.15, 0.2) is 156 Å². The Kier molecular flexibility index (Phi) is 20.7. The number of fused-ring (bicyclic) bond motifs is 6.